The summed E-state index contributed by atoms with van der Waals surface area (Å²) in [5.74, 6) is 0.215. The third-order valence-electron chi connectivity index (χ3n) is 3.20. The molecule has 0 saturated heterocycles. The van der Waals surface area contributed by atoms with Crippen LogP contribution in [0.15, 0.2) is 48.5 Å². The average molecular weight is 460 g/mol. The van der Waals surface area contributed by atoms with E-state index in [0.717, 1.165) is 9.83 Å². The molecule has 0 aromatic heterocycles. The molecule has 2 aromatic carbocycles. The second-order valence-electron chi connectivity index (χ2n) is 5.07. The van der Waals surface area contributed by atoms with Crippen molar-refractivity contribution < 1.29 is 17.9 Å². The first-order valence-corrected chi connectivity index (χ1v) is 9.90. The lowest BCUT2D eigenvalue weighted by atomic mass is 10.3. The Balaban J connectivity index is 1.90. The minimum Gasteiger partial charge on any atom is -0.484 e. The van der Waals surface area contributed by atoms with Gasteiger partial charge in [0.05, 0.1) is 11.9 Å². The molecule has 0 saturated carbocycles. The fraction of sp³-hybridized carbons (Fsp3) is 0.188. The van der Waals surface area contributed by atoms with E-state index in [1.54, 1.807) is 24.3 Å². The van der Waals surface area contributed by atoms with Gasteiger partial charge in [-0.25, -0.2) is 8.42 Å². The van der Waals surface area contributed by atoms with Crippen LogP contribution >= 0.6 is 22.6 Å². The van der Waals surface area contributed by atoms with Gasteiger partial charge < -0.3 is 10.1 Å². The predicted molar refractivity (Wildman–Crippen MR) is 103 cm³/mol. The van der Waals surface area contributed by atoms with E-state index in [1.807, 2.05) is 24.3 Å². The molecule has 0 aliphatic rings. The van der Waals surface area contributed by atoms with Crippen molar-refractivity contribution >= 4 is 49.9 Å². The predicted octanol–water partition coefficient (Wildman–Crippen LogP) is 2.70. The number of nitrogens with one attached hydrogen (secondary N) is 1. The number of carbonyl (C=O) groups excluding carboxylic acids is 1. The molecule has 0 unspecified atom stereocenters. The van der Waals surface area contributed by atoms with Gasteiger partial charge in [0, 0.05) is 16.3 Å². The Labute approximate surface area is 155 Å². The second kappa shape index (κ2) is 7.84. The molecule has 0 aliphatic heterocycles. The van der Waals surface area contributed by atoms with Crippen LogP contribution in [0.2, 0.25) is 0 Å². The first-order valence-electron chi connectivity index (χ1n) is 6.98. The van der Waals surface area contributed by atoms with Crippen LogP contribution in [0.4, 0.5) is 11.4 Å². The monoisotopic (exact) mass is 460 g/mol. The van der Waals surface area contributed by atoms with Crippen molar-refractivity contribution in [2.75, 3.05) is 29.5 Å². The van der Waals surface area contributed by atoms with Crippen LogP contribution < -0.4 is 14.4 Å². The Kier molecular flexibility index (Phi) is 6.05. The van der Waals surface area contributed by atoms with Crippen LogP contribution in [0, 0.1) is 3.57 Å². The number of hydrogen-bond donors (Lipinski definition) is 1. The zero-order valence-corrected chi connectivity index (χ0v) is 16.2. The third kappa shape index (κ3) is 5.38. The number of sulfonamides is 1. The quantitative estimate of drug-likeness (QED) is 0.673. The highest BCUT2D eigenvalue weighted by molar-refractivity contribution is 14.1. The molecule has 6 nitrogen and oxygen atoms in total. The SMILES string of the molecule is CN(c1ccc(OCC(=O)Nc2ccc(I)cc2)cc1)S(C)(=O)=O. The highest BCUT2D eigenvalue weighted by atomic mass is 127. The lowest BCUT2D eigenvalue weighted by Gasteiger charge is -2.16. The van der Waals surface area contributed by atoms with Crippen LogP contribution in [-0.2, 0) is 14.8 Å². The van der Waals surface area contributed by atoms with Gasteiger partial charge in [-0.3, -0.25) is 9.10 Å². The molecule has 1 amide bonds. The van der Waals surface area contributed by atoms with Crippen LogP contribution in [0.1, 0.15) is 0 Å². The molecule has 0 atom stereocenters. The summed E-state index contributed by atoms with van der Waals surface area (Å²) < 4.78 is 30.6. The number of carbonyl (C=O) groups is 1. The Morgan fingerprint density at radius 1 is 1.12 bits per heavy atom. The van der Waals surface area contributed by atoms with E-state index in [-0.39, 0.29) is 12.5 Å². The van der Waals surface area contributed by atoms with Crippen LogP contribution in [0.3, 0.4) is 0 Å². The standard InChI is InChI=1S/C16H17IN2O4S/c1-19(24(2,21)22)14-7-9-15(10-8-14)23-11-16(20)18-13-5-3-12(17)4-6-13/h3-10H,11H2,1-2H3,(H,18,20). The summed E-state index contributed by atoms with van der Waals surface area (Å²) in [5.41, 5.74) is 1.22. The van der Waals surface area contributed by atoms with Crippen molar-refractivity contribution in [1.29, 1.82) is 0 Å². The van der Waals surface area contributed by atoms with Gasteiger partial charge in [0.2, 0.25) is 10.0 Å². The Morgan fingerprint density at radius 2 is 1.71 bits per heavy atom. The molecule has 8 heteroatoms. The highest BCUT2D eigenvalue weighted by Crippen LogP contribution is 2.20. The smallest absolute Gasteiger partial charge is 0.262 e. The first kappa shape index (κ1) is 18.5. The van der Waals surface area contributed by atoms with E-state index in [9.17, 15) is 13.2 Å². The van der Waals surface area contributed by atoms with Crippen LogP contribution in [0.25, 0.3) is 0 Å². The van der Waals surface area contributed by atoms with E-state index in [0.29, 0.717) is 17.1 Å². The van der Waals surface area contributed by atoms with Gasteiger partial charge in [0.1, 0.15) is 5.75 Å². The molecule has 128 valence electrons. The molecule has 0 fully saturated rings. The second-order valence-corrected chi connectivity index (χ2v) is 8.33. The van der Waals surface area contributed by atoms with Crippen molar-refractivity contribution in [3.05, 3.63) is 52.1 Å². The maximum atomic E-state index is 11.9. The molecule has 1 N–H and O–H groups in total. The van der Waals surface area contributed by atoms with Gasteiger partial charge in [0.25, 0.3) is 5.91 Å². The molecule has 0 bridgehead atoms. The van der Waals surface area contributed by atoms with Crippen molar-refractivity contribution in [3.63, 3.8) is 0 Å². The molecule has 0 radical (unpaired) electrons. The summed E-state index contributed by atoms with van der Waals surface area (Å²) in [6.07, 6.45) is 1.13. The normalized spacial score (nSPS) is 11.0. The minimum absolute atomic E-state index is 0.132. The molecule has 2 aromatic rings. The van der Waals surface area contributed by atoms with Gasteiger partial charge >= 0.3 is 0 Å². The highest BCUT2D eigenvalue weighted by Gasteiger charge is 2.11. The summed E-state index contributed by atoms with van der Waals surface area (Å²) >= 11 is 2.19. The van der Waals surface area contributed by atoms with Crippen LogP contribution in [-0.4, -0.2) is 34.2 Å². The fourth-order valence-electron chi connectivity index (χ4n) is 1.82. The largest absolute Gasteiger partial charge is 0.484 e. The maximum Gasteiger partial charge on any atom is 0.262 e. The number of rotatable bonds is 6. The molecule has 0 aliphatic carbocycles. The van der Waals surface area contributed by atoms with Crippen molar-refractivity contribution in [2.45, 2.75) is 0 Å². The van der Waals surface area contributed by atoms with E-state index >= 15 is 0 Å². The van der Waals surface area contributed by atoms with E-state index in [4.69, 9.17) is 4.74 Å². The topological polar surface area (TPSA) is 75.7 Å². The van der Waals surface area contributed by atoms with Crippen LogP contribution in [0.5, 0.6) is 5.75 Å². The zero-order chi connectivity index (χ0) is 17.7. The molecule has 0 spiro atoms. The van der Waals surface area contributed by atoms with Crippen molar-refractivity contribution in [1.82, 2.24) is 0 Å². The molecular weight excluding hydrogens is 443 g/mol. The number of anilines is 2. The Hall–Kier alpha value is -1.81. The van der Waals surface area contributed by atoms with E-state index < -0.39 is 10.0 Å². The summed E-state index contributed by atoms with van der Waals surface area (Å²) in [6, 6.07) is 13.9. The van der Waals surface area contributed by atoms with Crippen molar-refractivity contribution in [2.24, 2.45) is 0 Å². The Bertz CT molecular complexity index is 805. The number of benzene rings is 2. The van der Waals surface area contributed by atoms with Gasteiger partial charge in [-0.2, -0.15) is 0 Å². The molecule has 0 heterocycles. The number of nitrogens with zero attached hydrogens (tertiary/aromatic N) is 1. The number of amides is 1. The number of halogens is 1. The molecular formula is C16H17IN2O4S. The zero-order valence-electron chi connectivity index (χ0n) is 13.2. The summed E-state index contributed by atoms with van der Waals surface area (Å²) in [7, 11) is -1.83. The Morgan fingerprint density at radius 3 is 2.25 bits per heavy atom. The lowest BCUT2D eigenvalue weighted by Crippen LogP contribution is -2.24. The maximum absolute atomic E-state index is 11.9. The van der Waals surface area contributed by atoms with Crippen molar-refractivity contribution in [3.8, 4) is 5.75 Å². The molecule has 2 rings (SSSR count). The minimum atomic E-state index is -3.30. The average Bonchev–Trinajstić information content (AvgIpc) is 2.54. The van der Waals surface area contributed by atoms with Gasteiger partial charge in [-0.15, -0.1) is 0 Å². The number of ether oxygens (including phenoxy) is 1. The number of hydrogen-bond acceptors (Lipinski definition) is 4. The fourth-order valence-corrected chi connectivity index (χ4v) is 2.69. The summed E-state index contributed by atoms with van der Waals surface area (Å²) in [6.45, 7) is -0.132. The summed E-state index contributed by atoms with van der Waals surface area (Å²) in [5, 5.41) is 2.73. The van der Waals surface area contributed by atoms with E-state index in [2.05, 4.69) is 27.9 Å². The first-order chi connectivity index (χ1) is 11.3. The van der Waals surface area contributed by atoms with Gasteiger partial charge in [-0.05, 0) is 71.1 Å². The van der Waals surface area contributed by atoms with Gasteiger partial charge in [0.15, 0.2) is 6.61 Å². The lowest BCUT2D eigenvalue weighted by molar-refractivity contribution is -0.118. The molecule has 24 heavy (non-hydrogen) atoms. The van der Waals surface area contributed by atoms with E-state index in [1.165, 1.54) is 11.4 Å². The van der Waals surface area contributed by atoms with Gasteiger partial charge in [-0.1, -0.05) is 0 Å². The third-order valence-corrected chi connectivity index (χ3v) is 5.12. The summed E-state index contributed by atoms with van der Waals surface area (Å²) in [4.78, 5) is 11.9.